The Labute approximate surface area is 166 Å². The number of nitrogens with zero attached hydrogens (tertiary/aromatic N) is 4. The number of hydrogen-bond donors (Lipinski definition) is 0. The number of aromatic nitrogens is 2. The second kappa shape index (κ2) is 7.50. The van der Waals surface area contributed by atoms with Crippen molar-refractivity contribution in [2.24, 2.45) is 0 Å². The van der Waals surface area contributed by atoms with Crippen LogP contribution in [0.4, 0.5) is 10.3 Å². The summed E-state index contributed by atoms with van der Waals surface area (Å²) in [7, 11) is -3.75. The van der Waals surface area contributed by atoms with Gasteiger partial charge in [0.1, 0.15) is 5.82 Å². The topological polar surface area (TPSA) is 79.5 Å². The second-order valence-corrected chi connectivity index (χ2v) is 8.58. The van der Waals surface area contributed by atoms with Crippen molar-refractivity contribution >= 4 is 27.6 Å². The van der Waals surface area contributed by atoms with E-state index < -0.39 is 15.8 Å². The van der Waals surface area contributed by atoms with Crippen molar-refractivity contribution in [3.05, 3.63) is 59.4 Å². The minimum atomic E-state index is -3.75. The Morgan fingerprint density at radius 2 is 1.75 bits per heavy atom. The van der Waals surface area contributed by atoms with Crippen molar-refractivity contribution in [2.75, 3.05) is 31.1 Å². The average molecular weight is 423 g/mol. The predicted octanol–water partition coefficient (Wildman–Crippen LogP) is 3.04. The first-order valence-corrected chi connectivity index (χ1v) is 10.4. The number of sulfonamides is 1. The highest BCUT2D eigenvalue weighted by Crippen LogP contribution is 2.25. The van der Waals surface area contributed by atoms with E-state index in [1.54, 1.807) is 0 Å². The van der Waals surface area contributed by atoms with Crippen LogP contribution in [0.2, 0.25) is 5.02 Å². The number of benzene rings is 2. The summed E-state index contributed by atoms with van der Waals surface area (Å²) >= 11 is 5.72. The largest absolute Gasteiger partial charge is 0.336 e. The fraction of sp³-hybridized carbons (Fsp3) is 0.222. The molecule has 0 bridgehead atoms. The van der Waals surface area contributed by atoms with E-state index in [2.05, 4.69) is 10.1 Å². The lowest BCUT2D eigenvalue weighted by Gasteiger charge is -2.33. The van der Waals surface area contributed by atoms with E-state index in [1.807, 2.05) is 35.2 Å². The molecule has 7 nitrogen and oxygen atoms in total. The minimum absolute atomic E-state index is 0.0294. The van der Waals surface area contributed by atoms with E-state index in [0.717, 1.165) is 17.7 Å². The van der Waals surface area contributed by atoms with Crippen LogP contribution >= 0.6 is 11.6 Å². The van der Waals surface area contributed by atoms with E-state index in [-0.39, 0.29) is 23.0 Å². The lowest BCUT2D eigenvalue weighted by atomic mass is 10.2. The zero-order valence-electron chi connectivity index (χ0n) is 14.6. The molecule has 10 heteroatoms. The van der Waals surface area contributed by atoms with Gasteiger partial charge in [0.25, 0.3) is 11.8 Å². The van der Waals surface area contributed by atoms with E-state index >= 15 is 0 Å². The molecular formula is C18H16ClFN4O3S. The quantitative estimate of drug-likeness (QED) is 0.643. The van der Waals surface area contributed by atoms with Crippen LogP contribution in [0.1, 0.15) is 0 Å². The molecule has 0 spiro atoms. The lowest BCUT2D eigenvalue weighted by Crippen LogP contribution is -2.49. The van der Waals surface area contributed by atoms with Crippen molar-refractivity contribution < 1.29 is 17.3 Å². The summed E-state index contributed by atoms with van der Waals surface area (Å²) in [5, 5.41) is 3.77. The number of rotatable bonds is 4. The Kier molecular flexibility index (Phi) is 5.05. The Morgan fingerprint density at radius 3 is 2.43 bits per heavy atom. The van der Waals surface area contributed by atoms with E-state index in [1.165, 1.54) is 10.4 Å². The maximum absolute atomic E-state index is 13.3. The molecule has 0 N–H and O–H groups in total. The van der Waals surface area contributed by atoms with Gasteiger partial charge in [-0.1, -0.05) is 29.8 Å². The first-order valence-electron chi connectivity index (χ1n) is 8.54. The first kappa shape index (κ1) is 18.9. The Morgan fingerprint density at radius 1 is 1.04 bits per heavy atom. The van der Waals surface area contributed by atoms with Gasteiger partial charge in [0, 0.05) is 31.7 Å². The molecule has 1 fully saturated rings. The molecule has 1 saturated heterocycles. The zero-order chi connectivity index (χ0) is 19.7. The fourth-order valence-electron chi connectivity index (χ4n) is 2.96. The number of piperazine rings is 1. The molecular weight excluding hydrogens is 407 g/mol. The van der Waals surface area contributed by atoms with Gasteiger partial charge in [0.05, 0.1) is 9.92 Å². The Hall–Kier alpha value is -2.49. The van der Waals surface area contributed by atoms with Crippen molar-refractivity contribution in [3.8, 4) is 11.5 Å². The summed E-state index contributed by atoms with van der Waals surface area (Å²) in [5.41, 5.74) is 0.815. The van der Waals surface area contributed by atoms with E-state index in [4.69, 9.17) is 16.1 Å². The molecule has 146 valence electrons. The summed E-state index contributed by atoms with van der Waals surface area (Å²) in [6, 6.07) is 12.8. The number of halogens is 2. The first-order chi connectivity index (χ1) is 13.4. The smallest absolute Gasteiger partial charge is 0.266 e. The van der Waals surface area contributed by atoms with Crippen LogP contribution in [0.5, 0.6) is 0 Å². The van der Waals surface area contributed by atoms with Gasteiger partial charge in [-0.15, -0.1) is 0 Å². The molecule has 1 aliphatic rings. The van der Waals surface area contributed by atoms with Gasteiger partial charge in [-0.05, 0) is 35.5 Å². The molecule has 0 saturated carbocycles. The van der Waals surface area contributed by atoms with Crippen LogP contribution < -0.4 is 4.90 Å². The van der Waals surface area contributed by atoms with Crippen molar-refractivity contribution in [2.45, 2.75) is 4.90 Å². The lowest BCUT2D eigenvalue weighted by molar-refractivity contribution is 0.377. The zero-order valence-corrected chi connectivity index (χ0v) is 16.2. The molecule has 3 aromatic rings. The maximum atomic E-state index is 13.3. The molecule has 0 radical (unpaired) electrons. The monoisotopic (exact) mass is 422 g/mol. The van der Waals surface area contributed by atoms with Gasteiger partial charge in [0.2, 0.25) is 10.0 Å². The summed E-state index contributed by atoms with van der Waals surface area (Å²) in [5.74, 6) is 0.170. The molecule has 0 aliphatic carbocycles. The maximum Gasteiger partial charge on any atom is 0.266 e. The van der Waals surface area contributed by atoms with Gasteiger partial charge >= 0.3 is 0 Å². The second-order valence-electron chi connectivity index (χ2n) is 6.23. The SMILES string of the molecule is O=S(=O)(c1ccc(F)c(Cl)c1)N1CCN(c2noc(-c3ccccc3)n2)CC1. The van der Waals surface area contributed by atoms with Crippen LogP contribution in [0.25, 0.3) is 11.5 Å². The molecule has 0 atom stereocenters. The standard InChI is InChI=1S/C18H16ClFN4O3S/c19-15-12-14(6-7-16(15)20)28(25,26)24-10-8-23(9-11-24)18-21-17(27-22-18)13-4-2-1-3-5-13/h1-7,12H,8-11H2. The third kappa shape index (κ3) is 3.60. The summed E-state index contributed by atoms with van der Waals surface area (Å²) in [4.78, 5) is 6.22. The molecule has 0 amide bonds. The minimum Gasteiger partial charge on any atom is -0.336 e. The van der Waals surface area contributed by atoms with Crippen LogP contribution in [-0.2, 0) is 10.0 Å². The van der Waals surface area contributed by atoms with Crippen molar-refractivity contribution in [1.29, 1.82) is 0 Å². The van der Waals surface area contributed by atoms with Crippen LogP contribution in [0, 0.1) is 5.82 Å². The number of anilines is 1. The normalized spacial score (nSPS) is 15.7. The molecule has 4 rings (SSSR count). The average Bonchev–Trinajstić information content (AvgIpc) is 3.21. The van der Waals surface area contributed by atoms with Gasteiger partial charge in [-0.2, -0.15) is 9.29 Å². The van der Waals surface area contributed by atoms with Gasteiger partial charge in [0.15, 0.2) is 0 Å². The molecule has 1 aliphatic heterocycles. The molecule has 0 unspecified atom stereocenters. The van der Waals surface area contributed by atoms with Gasteiger partial charge in [-0.25, -0.2) is 12.8 Å². The van der Waals surface area contributed by atoms with E-state index in [9.17, 15) is 12.8 Å². The summed E-state index contributed by atoms with van der Waals surface area (Å²) in [6.45, 7) is 1.29. The summed E-state index contributed by atoms with van der Waals surface area (Å²) in [6.07, 6.45) is 0. The molecule has 2 aromatic carbocycles. The highest BCUT2D eigenvalue weighted by molar-refractivity contribution is 7.89. The third-order valence-corrected chi connectivity index (χ3v) is 6.67. The van der Waals surface area contributed by atoms with E-state index in [0.29, 0.717) is 24.9 Å². The molecule has 28 heavy (non-hydrogen) atoms. The fourth-order valence-corrected chi connectivity index (χ4v) is 4.65. The van der Waals surface area contributed by atoms with Gasteiger partial charge < -0.3 is 9.42 Å². The molecule has 2 heterocycles. The van der Waals surface area contributed by atoms with Crippen LogP contribution in [0.15, 0.2) is 57.9 Å². The van der Waals surface area contributed by atoms with Crippen LogP contribution in [0.3, 0.4) is 0 Å². The molecule has 1 aromatic heterocycles. The third-order valence-electron chi connectivity index (χ3n) is 4.49. The van der Waals surface area contributed by atoms with Crippen molar-refractivity contribution in [1.82, 2.24) is 14.4 Å². The highest BCUT2D eigenvalue weighted by Gasteiger charge is 2.30. The number of hydrogen-bond acceptors (Lipinski definition) is 6. The summed E-state index contributed by atoms with van der Waals surface area (Å²) < 4.78 is 45.5. The Bertz CT molecular complexity index is 1080. The predicted molar refractivity (Wildman–Crippen MR) is 102 cm³/mol. The van der Waals surface area contributed by atoms with Crippen LogP contribution in [-0.4, -0.2) is 49.0 Å². The highest BCUT2D eigenvalue weighted by atomic mass is 35.5. The van der Waals surface area contributed by atoms with Crippen molar-refractivity contribution in [3.63, 3.8) is 0 Å². The Balaban J connectivity index is 1.46. The van der Waals surface area contributed by atoms with Gasteiger partial charge in [-0.3, -0.25) is 0 Å².